The Balaban J connectivity index is 2.30. The molecule has 0 spiro atoms. The van der Waals surface area contributed by atoms with Crippen LogP contribution in [0, 0.1) is 13.8 Å². The quantitative estimate of drug-likeness (QED) is 0.773. The topological polar surface area (TPSA) is 58.1 Å². The summed E-state index contributed by atoms with van der Waals surface area (Å²) in [5, 5.41) is 3.81. The Morgan fingerprint density at radius 2 is 1.80 bits per heavy atom. The third-order valence-corrected chi connectivity index (χ3v) is 4.03. The molecule has 25 heavy (non-hydrogen) atoms. The number of hydrogen-bond donors (Lipinski definition) is 1. The molecule has 1 heterocycles. The highest BCUT2D eigenvalue weighted by Gasteiger charge is 2.17. The van der Waals surface area contributed by atoms with Gasteiger partial charge in [-0.2, -0.15) is 0 Å². The molecule has 1 N–H and O–H groups in total. The SMILES string of the molecule is CCCN(CCC)C(=O)c1cc(C)nc(Nc2cc(Cl)ccc2C)n1. The largest absolute Gasteiger partial charge is 0.337 e. The number of nitrogens with one attached hydrogen (secondary N) is 1. The van der Waals surface area contributed by atoms with Crippen molar-refractivity contribution in [1.82, 2.24) is 14.9 Å². The van der Waals surface area contributed by atoms with Crippen molar-refractivity contribution in [3.05, 3.63) is 46.2 Å². The lowest BCUT2D eigenvalue weighted by molar-refractivity contribution is 0.0749. The number of hydrogen-bond acceptors (Lipinski definition) is 4. The fraction of sp³-hybridized carbons (Fsp3) is 0.421. The van der Waals surface area contributed by atoms with Gasteiger partial charge in [0.15, 0.2) is 0 Å². The molecule has 0 saturated carbocycles. The summed E-state index contributed by atoms with van der Waals surface area (Å²) in [6.07, 6.45) is 1.84. The third kappa shape index (κ3) is 5.16. The Kier molecular flexibility index (Phi) is 6.76. The van der Waals surface area contributed by atoms with Gasteiger partial charge in [0.2, 0.25) is 5.95 Å². The maximum absolute atomic E-state index is 12.8. The first kappa shape index (κ1) is 19.2. The molecule has 0 atom stereocenters. The van der Waals surface area contributed by atoms with Crippen LogP contribution in [0.15, 0.2) is 24.3 Å². The van der Waals surface area contributed by atoms with E-state index in [2.05, 4.69) is 29.1 Å². The second-order valence-electron chi connectivity index (χ2n) is 6.09. The van der Waals surface area contributed by atoms with Crippen LogP contribution < -0.4 is 5.32 Å². The van der Waals surface area contributed by atoms with Crippen molar-refractivity contribution in [2.24, 2.45) is 0 Å². The summed E-state index contributed by atoms with van der Waals surface area (Å²) in [6, 6.07) is 7.32. The molecule has 1 aromatic heterocycles. The van der Waals surface area contributed by atoms with Gasteiger partial charge in [-0.3, -0.25) is 4.79 Å². The Morgan fingerprint density at radius 1 is 1.12 bits per heavy atom. The number of halogens is 1. The summed E-state index contributed by atoms with van der Waals surface area (Å²) >= 11 is 6.07. The van der Waals surface area contributed by atoms with E-state index in [1.807, 2.05) is 36.9 Å². The number of nitrogens with zero attached hydrogens (tertiary/aromatic N) is 3. The summed E-state index contributed by atoms with van der Waals surface area (Å²) < 4.78 is 0. The molecule has 1 amide bonds. The van der Waals surface area contributed by atoms with Crippen LogP contribution in [-0.2, 0) is 0 Å². The molecule has 0 aliphatic heterocycles. The standard InChI is InChI=1S/C19H25ClN4O/c1-5-9-24(10-6-2)18(25)17-11-14(4)21-19(23-17)22-16-12-15(20)8-7-13(16)3/h7-8,11-12H,5-6,9-10H2,1-4H3,(H,21,22,23). The average molecular weight is 361 g/mol. The molecule has 5 nitrogen and oxygen atoms in total. The highest BCUT2D eigenvalue weighted by atomic mass is 35.5. The third-order valence-electron chi connectivity index (χ3n) is 3.79. The number of anilines is 2. The number of carbonyl (C=O) groups excluding carboxylic acids is 1. The van der Waals surface area contributed by atoms with Crippen LogP contribution in [0.5, 0.6) is 0 Å². The van der Waals surface area contributed by atoms with Gasteiger partial charge < -0.3 is 10.2 Å². The average Bonchev–Trinajstić information content (AvgIpc) is 2.57. The second kappa shape index (κ2) is 8.81. The van der Waals surface area contributed by atoms with Crippen LogP contribution in [0.1, 0.15) is 48.4 Å². The van der Waals surface area contributed by atoms with Crippen LogP contribution in [0.4, 0.5) is 11.6 Å². The summed E-state index contributed by atoms with van der Waals surface area (Å²) in [5.41, 5.74) is 3.02. The lowest BCUT2D eigenvalue weighted by atomic mass is 10.2. The molecule has 0 radical (unpaired) electrons. The highest BCUT2D eigenvalue weighted by molar-refractivity contribution is 6.30. The van der Waals surface area contributed by atoms with Crippen LogP contribution in [0.25, 0.3) is 0 Å². The first-order valence-electron chi connectivity index (χ1n) is 8.62. The zero-order valence-electron chi connectivity index (χ0n) is 15.3. The molecule has 134 valence electrons. The Morgan fingerprint density at radius 3 is 2.44 bits per heavy atom. The molecular weight excluding hydrogens is 336 g/mol. The van der Waals surface area contributed by atoms with Crippen molar-refractivity contribution in [3.63, 3.8) is 0 Å². The Labute approximate surface area is 154 Å². The number of amides is 1. The van der Waals surface area contributed by atoms with Crippen LogP contribution >= 0.6 is 11.6 Å². The smallest absolute Gasteiger partial charge is 0.272 e. The van der Waals surface area contributed by atoms with Gasteiger partial charge in [-0.05, 0) is 50.5 Å². The molecule has 2 rings (SSSR count). The number of rotatable bonds is 7. The molecule has 0 unspecified atom stereocenters. The van der Waals surface area contributed by atoms with E-state index in [1.54, 1.807) is 6.07 Å². The van der Waals surface area contributed by atoms with Crippen molar-refractivity contribution in [2.75, 3.05) is 18.4 Å². The summed E-state index contributed by atoms with van der Waals surface area (Å²) in [5.74, 6) is 0.349. The fourth-order valence-corrected chi connectivity index (χ4v) is 2.77. The van der Waals surface area contributed by atoms with Gasteiger partial charge in [0, 0.05) is 29.5 Å². The van der Waals surface area contributed by atoms with Crippen molar-refractivity contribution in [3.8, 4) is 0 Å². The minimum absolute atomic E-state index is 0.0555. The normalized spacial score (nSPS) is 10.6. The zero-order chi connectivity index (χ0) is 18.4. The van der Waals surface area contributed by atoms with Crippen LogP contribution in [-0.4, -0.2) is 33.9 Å². The summed E-state index contributed by atoms with van der Waals surface area (Å²) in [4.78, 5) is 23.5. The monoisotopic (exact) mass is 360 g/mol. The van der Waals surface area contributed by atoms with Gasteiger partial charge >= 0.3 is 0 Å². The van der Waals surface area contributed by atoms with Crippen molar-refractivity contribution in [2.45, 2.75) is 40.5 Å². The molecule has 0 aliphatic rings. The summed E-state index contributed by atoms with van der Waals surface area (Å²) in [6.45, 7) is 9.42. The van der Waals surface area contributed by atoms with E-state index < -0.39 is 0 Å². The molecule has 6 heteroatoms. The number of benzene rings is 1. The van der Waals surface area contributed by atoms with Crippen molar-refractivity contribution in [1.29, 1.82) is 0 Å². The highest BCUT2D eigenvalue weighted by Crippen LogP contribution is 2.23. The fourth-order valence-electron chi connectivity index (χ4n) is 2.60. The first-order valence-corrected chi connectivity index (χ1v) is 9.00. The second-order valence-corrected chi connectivity index (χ2v) is 6.53. The van der Waals surface area contributed by atoms with E-state index in [4.69, 9.17) is 11.6 Å². The van der Waals surface area contributed by atoms with Crippen LogP contribution in [0.2, 0.25) is 5.02 Å². The van der Waals surface area contributed by atoms with Crippen molar-refractivity contribution < 1.29 is 4.79 Å². The van der Waals surface area contributed by atoms with E-state index in [9.17, 15) is 4.79 Å². The number of aryl methyl sites for hydroxylation is 2. The molecule has 0 aliphatic carbocycles. The maximum atomic E-state index is 12.8. The van der Waals surface area contributed by atoms with E-state index in [0.717, 1.165) is 42.9 Å². The van der Waals surface area contributed by atoms with Gasteiger partial charge in [-0.25, -0.2) is 9.97 Å². The lowest BCUT2D eigenvalue weighted by Gasteiger charge is -2.21. The number of aromatic nitrogens is 2. The van der Waals surface area contributed by atoms with E-state index in [-0.39, 0.29) is 5.91 Å². The molecule has 0 saturated heterocycles. The van der Waals surface area contributed by atoms with Gasteiger partial charge in [-0.1, -0.05) is 31.5 Å². The number of carbonyl (C=O) groups is 1. The van der Waals surface area contributed by atoms with Crippen molar-refractivity contribution >= 4 is 29.1 Å². The first-order chi connectivity index (χ1) is 11.9. The lowest BCUT2D eigenvalue weighted by Crippen LogP contribution is -2.33. The predicted molar refractivity (Wildman–Crippen MR) is 103 cm³/mol. The van der Waals surface area contributed by atoms with Gasteiger partial charge in [0.25, 0.3) is 5.91 Å². The minimum Gasteiger partial charge on any atom is -0.337 e. The predicted octanol–water partition coefficient (Wildman–Crippen LogP) is 4.75. The molecule has 2 aromatic rings. The maximum Gasteiger partial charge on any atom is 0.272 e. The Bertz CT molecular complexity index is 742. The molecule has 0 bridgehead atoms. The summed E-state index contributed by atoms with van der Waals surface area (Å²) in [7, 11) is 0. The van der Waals surface area contributed by atoms with E-state index in [0.29, 0.717) is 16.7 Å². The van der Waals surface area contributed by atoms with E-state index in [1.165, 1.54) is 0 Å². The van der Waals surface area contributed by atoms with Gasteiger partial charge in [-0.15, -0.1) is 0 Å². The molecule has 0 fully saturated rings. The van der Waals surface area contributed by atoms with Gasteiger partial charge in [0.1, 0.15) is 5.69 Å². The van der Waals surface area contributed by atoms with Crippen LogP contribution in [0.3, 0.4) is 0 Å². The minimum atomic E-state index is -0.0555. The molecule has 1 aromatic carbocycles. The zero-order valence-corrected chi connectivity index (χ0v) is 16.0. The van der Waals surface area contributed by atoms with E-state index >= 15 is 0 Å². The molecular formula is C19H25ClN4O. The van der Waals surface area contributed by atoms with Gasteiger partial charge in [0.05, 0.1) is 0 Å². The Hall–Kier alpha value is -2.14.